The number of rotatable bonds is 10. The lowest BCUT2D eigenvalue weighted by molar-refractivity contribution is 0.531. The van der Waals surface area contributed by atoms with Gasteiger partial charge in [0.1, 0.15) is 0 Å². The normalized spacial score (nSPS) is 11.4. The van der Waals surface area contributed by atoms with Gasteiger partial charge >= 0.3 is 0 Å². The van der Waals surface area contributed by atoms with Crippen molar-refractivity contribution < 1.29 is 0 Å². The molecule has 0 saturated heterocycles. The Hall–Kier alpha value is -1.16. The first-order valence-electron chi connectivity index (χ1n) is 8.31. The fraction of sp³-hybridized carbons (Fsp3) is 0.765. The van der Waals surface area contributed by atoms with Gasteiger partial charge in [-0.1, -0.05) is 34.6 Å². The van der Waals surface area contributed by atoms with Crippen molar-refractivity contribution >= 4 is 5.82 Å². The van der Waals surface area contributed by atoms with Crippen molar-refractivity contribution in [1.29, 1.82) is 0 Å². The Morgan fingerprint density at radius 1 is 1.00 bits per heavy atom. The average molecular weight is 292 g/mol. The van der Waals surface area contributed by atoms with Gasteiger partial charge in [-0.2, -0.15) is 5.10 Å². The molecule has 0 aliphatic rings. The number of hydrogen-bond acceptors (Lipinski definition) is 4. The van der Waals surface area contributed by atoms with Crippen molar-refractivity contribution in [3.63, 3.8) is 0 Å². The topological polar surface area (TPSA) is 41.0 Å². The van der Waals surface area contributed by atoms with E-state index >= 15 is 0 Å². The van der Waals surface area contributed by atoms with Crippen LogP contribution < -0.4 is 10.2 Å². The molecule has 0 aromatic carbocycles. The molecule has 0 radical (unpaired) electrons. The van der Waals surface area contributed by atoms with Crippen LogP contribution in [0.4, 0.5) is 5.82 Å². The highest BCUT2D eigenvalue weighted by Crippen LogP contribution is 2.14. The van der Waals surface area contributed by atoms with Crippen molar-refractivity contribution in [3.8, 4) is 0 Å². The zero-order valence-corrected chi connectivity index (χ0v) is 14.4. The second kappa shape index (κ2) is 9.72. The molecule has 1 aromatic heterocycles. The summed E-state index contributed by atoms with van der Waals surface area (Å²) in [5, 5.41) is 12.0. The summed E-state index contributed by atoms with van der Waals surface area (Å²) in [5.41, 5.74) is 1.01. The lowest BCUT2D eigenvalue weighted by atomic mass is 10.1. The summed E-state index contributed by atoms with van der Waals surface area (Å²) >= 11 is 0. The van der Waals surface area contributed by atoms with Gasteiger partial charge in [-0.05, 0) is 43.4 Å². The van der Waals surface area contributed by atoms with E-state index in [-0.39, 0.29) is 0 Å². The number of nitrogens with zero attached hydrogens (tertiary/aromatic N) is 3. The molecule has 120 valence electrons. The van der Waals surface area contributed by atoms with Crippen LogP contribution in [0, 0.1) is 11.8 Å². The lowest BCUT2D eigenvalue weighted by Crippen LogP contribution is -2.28. The van der Waals surface area contributed by atoms with E-state index in [0.717, 1.165) is 37.7 Å². The van der Waals surface area contributed by atoms with E-state index in [1.165, 1.54) is 12.8 Å². The van der Waals surface area contributed by atoms with Crippen LogP contribution in [-0.2, 0) is 6.54 Å². The van der Waals surface area contributed by atoms with Gasteiger partial charge in [-0.25, -0.2) is 0 Å². The molecule has 1 aromatic rings. The van der Waals surface area contributed by atoms with Gasteiger partial charge in [0.15, 0.2) is 5.82 Å². The molecule has 1 N–H and O–H groups in total. The first-order valence-corrected chi connectivity index (χ1v) is 8.31. The average Bonchev–Trinajstić information content (AvgIpc) is 2.45. The van der Waals surface area contributed by atoms with Crippen molar-refractivity contribution in [2.24, 2.45) is 11.8 Å². The predicted octanol–water partition coefficient (Wildman–Crippen LogP) is 3.48. The Morgan fingerprint density at radius 3 is 2.05 bits per heavy atom. The molecule has 0 aliphatic heterocycles. The molecule has 4 nitrogen and oxygen atoms in total. The van der Waals surface area contributed by atoms with Gasteiger partial charge in [-0.15, -0.1) is 5.10 Å². The quantitative estimate of drug-likeness (QED) is 0.717. The van der Waals surface area contributed by atoms with E-state index in [2.05, 4.69) is 67.2 Å². The molecule has 0 amide bonds. The predicted molar refractivity (Wildman–Crippen MR) is 90.5 cm³/mol. The van der Waals surface area contributed by atoms with E-state index < -0.39 is 0 Å². The maximum atomic E-state index is 4.42. The van der Waals surface area contributed by atoms with Gasteiger partial charge in [0, 0.05) is 19.6 Å². The highest BCUT2D eigenvalue weighted by Gasteiger charge is 2.10. The van der Waals surface area contributed by atoms with Gasteiger partial charge in [0.25, 0.3) is 0 Å². The summed E-state index contributed by atoms with van der Waals surface area (Å²) in [6.45, 7) is 15.0. The van der Waals surface area contributed by atoms with Gasteiger partial charge in [0.2, 0.25) is 0 Å². The Bertz CT molecular complexity index is 361. The number of anilines is 1. The molecule has 0 bridgehead atoms. The van der Waals surface area contributed by atoms with E-state index in [0.29, 0.717) is 11.8 Å². The van der Waals surface area contributed by atoms with Crippen LogP contribution in [0.3, 0.4) is 0 Å². The van der Waals surface area contributed by atoms with Crippen molar-refractivity contribution in [1.82, 2.24) is 15.5 Å². The van der Waals surface area contributed by atoms with Gasteiger partial charge in [-0.3, -0.25) is 0 Å². The molecule has 1 heterocycles. The number of hydrogen-bond donors (Lipinski definition) is 1. The molecule has 0 atom stereocenters. The smallest absolute Gasteiger partial charge is 0.151 e. The molecule has 0 fully saturated rings. The number of nitrogens with one attached hydrogen (secondary N) is 1. The molecule has 0 aliphatic carbocycles. The van der Waals surface area contributed by atoms with E-state index in [9.17, 15) is 0 Å². The fourth-order valence-corrected chi connectivity index (χ4v) is 2.04. The molecule has 0 unspecified atom stereocenters. The summed E-state index contributed by atoms with van der Waals surface area (Å²) in [6, 6.07) is 4.20. The zero-order valence-electron chi connectivity index (χ0n) is 14.4. The Labute approximate surface area is 130 Å². The van der Waals surface area contributed by atoms with Crippen LogP contribution in [-0.4, -0.2) is 29.8 Å². The summed E-state index contributed by atoms with van der Waals surface area (Å²) in [4.78, 5) is 2.38. The molecule has 1 rings (SSSR count). The monoisotopic (exact) mass is 292 g/mol. The minimum atomic E-state index is 0.715. The third-order valence-electron chi connectivity index (χ3n) is 3.54. The molecular formula is C17H32N4. The second-order valence-electron chi connectivity index (χ2n) is 6.52. The second-order valence-corrected chi connectivity index (χ2v) is 6.52. The third kappa shape index (κ3) is 7.42. The van der Waals surface area contributed by atoms with E-state index in [1.54, 1.807) is 0 Å². The SMILES string of the molecule is CCNCc1ccc(N(CCC(C)C)CCC(C)C)nn1. The Morgan fingerprint density at radius 2 is 1.62 bits per heavy atom. The van der Waals surface area contributed by atoms with Crippen molar-refractivity contribution in [2.75, 3.05) is 24.5 Å². The van der Waals surface area contributed by atoms with Gasteiger partial charge in [0.05, 0.1) is 5.69 Å². The molecule has 21 heavy (non-hydrogen) atoms. The van der Waals surface area contributed by atoms with Crippen molar-refractivity contribution in [3.05, 3.63) is 17.8 Å². The summed E-state index contributed by atoms with van der Waals surface area (Å²) in [6.07, 6.45) is 2.39. The number of aromatic nitrogens is 2. The highest BCUT2D eigenvalue weighted by molar-refractivity contribution is 5.37. The zero-order chi connectivity index (χ0) is 15.7. The van der Waals surface area contributed by atoms with Crippen LogP contribution in [0.15, 0.2) is 12.1 Å². The lowest BCUT2D eigenvalue weighted by Gasteiger charge is -2.25. The third-order valence-corrected chi connectivity index (χ3v) is 3.54. The minimum Gasteiger partial charge on any atom is -0.355 e. The maximum absolute atomic E-state index is 4.42. The molecule has 0 saturated carbocycles. The van der Waals surface area contributed by atoms with E-state index in [1.807, 2.05) is 0 Å². The highest BCUT2D eigenvalue weighted by atomic mass is 15.3. The van der Waals surface area contributed by atoms with Crippen LogP contribution in [0.5, 0.6) is 0 Å². The standard InChI is InChI=1S/C17H32N4/c1-6-18-13-16-7-8-17(20-19-16)21(11-9-14(2)3)12-10-15(4)5/h7-8,14-15,18H,6,9-13H2,1-5H3. The Kier molecular flexibility index (Phi) is 8.28. The van der Waals surface area contributed by atoms with E-state index in [4.69, 9.17) is 0 Å². The fourth-order valence-electron chi connectivity index (χ4n) is 2.04. The van der Waals surface area contributed by atoms with Crippen LogP contribution in [0.2, 0.25) is 0 Å². The summed E-state index contributed by atoms with van der Waals surface area (Å²) in [5.74, 6) is 2.44. The minimum absolute atomic E-state index is 0.715. The van der Waals surface area contributed by atoms with Crippen LogP contribution in [0.1, 0.15) is 53.2 Å². The summed E-state index contributed by atoms with van der Waals surface area (Å²) in [7, 11) is 0. The molecular weight excluding hydrogens is 260 g/mol. The van der Waals surface area contributed by atoms with Crippen LogP contribution >= 0.6 is 0 Å². The summed E-state index contributed by atoms with van der Waals surface area (Å²) < 4.78 is 0. The first-order chi connectivity index (χ1) is 10.0. The first kappa shape index (κ1) is 17.9. The maximum Gasteiger partial charge on any atom is 0.151 e. The van der Waals surface area contributed by atoms with Gasteiger partial charge < -0.3 is 10.2 Å². The largest absolute Gasteiger partial charge is 0.355 e. The molecule has 0 spiro atoms. The Balaban J connectivity index is 2.66. The molecule has 4 heteroatoms. The van der Waals surface area contributed by atoms with Crippen LogP contribution in [0.25, 0.3) is 0 Å². The van der Waals surface area contributed by atoms with Crippen molar-refractivity contribution in [2.45, 2.75) is 54.0 Å².